The number of rotatable bonds is 4. The third-order valence-electron chi connectivity index (χ3n) is 3.36. The van der Waals surface area contributed by atoms with E-state index >= 15 is 0 Å². The van der Waals surface area contributed by atoms with E-state index in [1.807, 2.05) is 26.0 Å². The maximum atomic E-state index is 11.8. The summed E-state index contributed by atoms with van der Waals surface area (Å²) in [6.07, 6.45) is 1.10. The molecule has 0 N–H and O–H groups in total. The number of benzene rings is 1. The van der Waals surface area contributed by atoms with E-state index in [1.165, 1.54) is 5.56 Å². The molecule has 0 amide bonds. The van der Waals surface area contributed by atoms with Gasteiger partial charge in [0.1, 0.15) is 0 Å². The van der Waals surface area contributed by atoms with Crippen molar-refractivity contribution in [1.82, 2.24) is 0 Å². The van der Waals surface area contributed by atoms with Crippen molar-refractivity contribution in [2.45, 2.75) is 46.5 Å². The van der Waals surface area contributed by atoms with Gasteiger partial charge in [0.05, 0.1) is 0 Å². The van der Waals surface area contributed by atoms with Crippen molar-refractivity contribution < 1.29 is 4.79 Å². The SMILES string of the molecule is CCC(C)(C)c1ccc(C(=O)C(C)C)cc1. The molecule has 1 nitrogen and oxygen atoms in total. The summed E-state index contributed by atoms with van der Waals surface area (Å²) in [5.74, 6) is 0.297. The smallest absolute Gasteiger partial charge is 0.165 e. The molecule has 0 saturated carbocycles. The second-order valence-corrected chi connectivity index (χ2v) is 5.33. The zero-order chi connectivity index (χ0) is 12.3. The number of carbonyl (C=O) groups is 1. The van der Waals surface area contributed by atoms with Crippen LogP contribution in [0.2, 0.25) is 0 Å². The normalized spacial score (nSPS) is 11.9. The summed E-state index contributed by atoms with van der Waals surface area (Å²) in [5.41, 5.74) is 2.32. The molecule has 0 spiro atoms. The van der Waals surface area contributed by atoms with E-state index in [1.54, 1.807) is 0 Å². The topological polar surface area (TPSA) is 17.1 Å². The third kappa shape index (κ3) is 2.72. The van der Waals surface area contributed by atoms with Gasteiger partial charge < -0.3 is 0 Å². The van der Waals surface area contributed by atoms with Gasteiger partial charge in [-0.05, 0) is 17.4 Å². The van der Waals surface area contributed by atoms with Gasteiger partial charge in [-0.15, -0.1) is 0 Å². The predicted octanol–water partition coefficient (Wildman–Crippen LogP) is 4.21. The van der Waals surface area contributed by atoms with Crippen molar-refractivity contribution >= 4 is 5.78 Å². The van der Waals surface area contributed by atoms with Gasteiger partial charge in [0, 0.05) is 11.5 Å². The largest absolute Gasteiger partial charge is 0.294 e. The quantitative estimate of drug-likeness (QED) is 0.692. The fourth-order valence-electron chi connectivity index (χ4n) is 1.62. The molecule has 1 aromatic rings. The Bertz CT molecular complexity index is 358. The minimum absolute atomic E-state index is 0.0741. The number of ketones is 1. The summed E-state index contributed by atoms with van der Waals surface area (Å²) in [6.45, 7) is 10.5. The zero-order valence-electron chi connectivity index (χ0n) is 11.0. The number of hydrogen-bond acceptors (Lipinski definition) is 1. The maximum absolute atomic E-state index is 11.8. The lowest BCUT2D eigenvalue weighted by atomic mass is 9.81. The number of carbonyl (C=O) groups excluding carboxylic acids is 1. The molecule has 0 saturated heterocycles. The predicted molar refractivity (Wildman–Crippen MR) is 68.9 cm³/mol. The minimum Gasteiger partial charge on any atom is -0.294 e. The van der Waals surface area contributed by atoms with E-state index < -0.39 is 0 Å². The second-order valence-electron chi connectivity index (χ2n) is 5.33. The molecule has 1 heteroatoms. The van der Waals surface area contributed by atoms with Crippen LogP contribution in [0.1, 0.15) is 57.0 Å². The average Bonchev–Trinajstić information content (AvgIpc) is 2.28. The van der Waals surface area contributed by atoms with Crippen LogP contribution in [-0.2, 0) is 5.41 Å². The molecule has 0 aliphatic carbocycles. The van der Waals surface area contributed by atoms with Gasteiger partial charge in [0.15, 0.2) is 5.78 Å². The number of Topliss-reactive ketones (excluding diaryl/α,β-unsaturated/α-hetero) is 1. The lowest BCUT2D eigenvalue weighted by Gasteiger charge is -2.23. The molecule has 0 bridgehead atoms. The molecule has 0 aliphatic heterocycles. The van der Waals surface area contributed by atoms with Crippen molar-refractivity contribution in [3.05, 3.63) is 35.4 Å². The van der Waals surface area contributed by atoms with E-state index in [0.29, 0.717) is 0 Å². The van der Waals surface area contributed by atoms with E-state index in [-0.39, 0.29) is 17.1 Å². The summed E-state index contributed by atoms with van der Waals surface area (Å²) < 4.78 is 0. The Labute approximate surface area is 98.9 Å². The van der Waals surface area contributed by atoms with Gasteiger partial charge in [-0.2, -0.15) is 0 Å². The second kappa shape index (κ2) is 4.82. The van der Waals surface area contributed by atoms with Gasteiger partial charge >= 0.3 is 0 Å². The molecule has 16 heavy (non-hydrogen) atoms. The van der Waals surface area contributed by atoms with Crippen molar-refractivity contribution in [3.8, 4) is 0 Å². The highest BCUT2D eigenvalue weighted by atomic mass is 16.1. The Kier molecular flexibility index (Phi) is 3.90. The molecule has 0 unspecified atom stereocenters. The lowest BCUT2D eigenvalue weighted by Crippen LogP contribution is -2.16. The van der Waals surface area contributed by atoms with E-state index in [4.69, 9.17) is 0 Å². The minimum atomic E-state index is 0.0741. The van der Waals surface area contributed by atoms with Crippen LogP contribution in [-0.4, -0.2) is 5.78 Å². The third-order valence-corrected chi connectivity index (χ3v) is 3.36. The summed E-state index contributed by atoms with van der Waals surface area (Å²) in [4.78, 5) is 11.8. The van der Waals surface area contributed by atoms with Crippen LogP contribution in [0.25, 0.3) is 0 Å². The Morgan fingerprint density at radius 1 is 1.19 bits per heavy atom. The molecule has 0 aliphatic rings. The van der Waals surface area contributed by atoms with Crippen LogP contribution in [0.3, 0.4) is 0 Å². The van der Waals surface area contributed by atoms with Crippen LogP contribution >= 0.6 is 0 Å². The van der Waals surface area contributed by atoms with Crippen LogP contribution < -0.4 is 0 Å². The van der Waals surface area contributed by atoms with Crippen molar-refractivity contribution in [2.24, 2.45) is 5.92 Å². The maximum Gasteiger partial charge on any atom is 0.165 e. The van der Waals surface area contributed by atoms with Crippen molar-refractivity contribution in [3.63, 3.8) is 0 Å². The van der Waals surface area contributed by atoms with E-state index in [9.17, 15) is 4.79 Å². The Morgan fingerprint density at radius 3 is 2.06 bits per heavy atom. The van der Waals surface area contributed by atoms with Crippen LogP contribution in [0.4, 0.5) is 0 Å². The summed E-state index contributed by atoms with van der Waals surface area (Å²) in [7, 11) is 0. The number of hydrogen-bond donors (Lipinski definition) is 0. The molecule has 1 rings (SSSR count). The molecule has 0 radical (unpaired) electrons. The standard InChI is InChI=1S/C15H22O/c1-6-15(4,5)13-9-7-12(8-10-13)14(16)11(2)3/h7-11H,6H2,1-5H3. The molecule has 0 heterocycles. The molecule has 0 fully saturated rings. The molecule has 0 aromatic heterocycles. The van der Waals surface area contributed by atoms with E-state index in [0.717, 1.165) is 12.0 Å². The zero-order valence-corrected chi connectivity index (χ0v) is 11.0. The Balaban J connectivity index is 2.96. The molecular weight excluding hydrogens is 196 g/mol. The summed E-state index contributed by atoms with van der Waals surface area (Å²) >= 11 is 0. The van der Waals surface area contributed by atoms with Gasteiger partial charge in [0.25, 0.3) is 0 Å². The lowest BCUT2D eigenvalue weighted by molar-refractivity contribution is 0.0939. The Morgan fingerprint density at radius 2 is 1.69 bits per heavy atom. The summed E-state index contributed by atoms with van der Waals surface area (Å²) in [6, 6.07) is 8.07. The van der Waals surface area contributed by atoms with Crippen molar-refractivity contribution in [1.29, 1.82) is 0 Å². The van der Waals surface area contributed by atoms with Crippen LogP contribution in [0.15, 0.2) is 24.3 Å². The van der Waals surface area contributed by atoms with Gasteiger partial charge in [-0.3, -0.25) is 4.79 Å². The first kappa shape index (κ1) is 13.0. The molecule has 1 aromatic carbocycles. The fraction of sp³-hybridized carbons (Fsp3) is 0.533. The summed E-state index contributed by atoms with van der Waals surface area (Å²) in [5, 5.41) is 0. The van der Waals surface area contributed by atoms with Crippen LogP contribution in [0, 0.1) is 5.92 Å². The van der Waals surface area contributed by atoms with Gasteiger partial charge in [-0.25, -0.2) is 0 Å². The molecular formula is C15H22O. The molecule has 0 atom stereocenters. The highest BCUT2D eigenvalue weighted by Gasteiger charge is 2.18. The monoisotopic (exact) mass is 218 g/mol. The van der Waals surface area contributed by atoms with Crippen molar-refractivity contribution in [2.75, 3.05) is 0 Å². The first-order chi connectivity index (χ1) is 7.38. The van der Waals surface area contributed by atoms with Crippen LogP contribution in [0.5, 0.6) is 0 Å². The first-order valence-corrected chi connectivity index (χ1v) is 6.03. The first-order valence-electron chi connectivity index (χ1n) is 6.03. The van der Waals surface area contributed by atoms with Gasteiger partial charge in [0.2, 0.25) is 0 Å². The van der Waals surface area contributed by atoms with E-state index in [2.05, 4.69) is 32.9 Å². The highest BCUT2D eigenvalue weighted by molar-refractivity contribution is 5.97. The fourth-order valence-corrected chi connectivity index (χ4v) is 1.62. The highest BCUT2D eigenvalue weighted by Crippen LogP contribution is 2.26. The Hall–Kier alpha value is -1.11. The molecule has 88 valence electrons. The van der Waals surface area contributed by atoms with Gasteiger partial charge in [-0.1, -0.05) is 58.9 Å². The average molecular weight is 218 g/mol.